The van der Waals surface area contributed by atoms with Crippen molar-refractivity contribution in [2.24, 2.45) is 5.41 Å². The number of ether oxygens (including phenoxy) is 1. The lowest BCUT2D eigenvalue weighted by Gasteiger charge is -2.19. The van der Waals surface area contributed by atoms with E-state index in [2.05, 4.69) is 4.98 Å². The Morgan fingerprint density at radius 3 is 2.84 bits per heavy atom. The van der Waals surface area contributed by atoms with Gasteiger partial charge in [-0.3, -0.25) is 4.79 Å². The van der Waals surface area contributed by atoms with Gasteiger partial charge in [-0.1, -0.05) is 19.9 Å². The first-order valence-corrected chi connectivity index (χ1v) is 6.05. The Morgan fingerprint density at radius 2 is 2.21 bits per heavy atom. The number of aliphatic carboxylic acids is 1. The lowest BCUT2D eigenvalue weighted by molar-refractivity contribution is -0.139. The minimum atomic E-state index is -0.821. The number of fused-ring (bicyclic) bond motifs is 1. The van der Waals surface area contributed by atoms with Gasteiger partial charge in [0.05, 0.1) is 13.5 Å². The van der Waals surface area contributed by atoms with Gasteiger partial charge in [0.1, 0.15) is 5.75 Å². The molecule has 0 aliphatic heterocycles. The van der Waals surface area contributed by atoms with Gasteiger partial charge in [-0.25, -0.2) is 4.98 Å². The molecule has 1 heterocycles. The van der Waals surface area contributed by atoms with Crippen LogP contribution in [-0.4, -0.2) is 23.2 Å². The molecular formula is C14H17NO4. The number of rotatable bonds is 5. The molecule has 0 bridgehead atoms. The third kappa shape index (κ3) is 3.05. The first-order chi connectivity index (χ1) is 8.91. The molecule has 0 fully saturated rings. The summed E-state index contributed by atoms with van der Waals surface area (Å²) in [5.41, 5.74) is 0.923. The SMILES string of the molecule is COc1cccc2oc(CC(C)(C)CC(=O)O)nc12. The molecule has 5 nitrogen and oxygen atoms in total. The van der Waals surface area contributed by atoms with Crippen LogP contribution in [-0.2, 0) is 11.2 Å². The monoisotopic (exact) mass is 263 g/mol. The van der Waals surface area contributed by atoms with Gasteiger partial charge in [0.15, 0.2) is 17.0 Å². The summed E-state index contributed by atoms with van der Waals surface area (Å²) in [5.74, 6) is 0.369. The molecule has 0 amide bonds. The highest BCUT2D eigenvalue weighted by Crippen LogP contribution is 2.30. The minimum absolute atomic E-state index is 0.0723. The van der Waals surface area contributed by atoms with Gasteiger partial charge in [-0.05, 0) is 17.5 Å². The maximum atomic E-state index is 10.8. The molecule has 2 rings (SSSR count). The quantitative estimate of drug-likeness (QED) is 0.897. The predicted molar refractivity (Wildman–Crippen MR) is 70.3 cm³/mol. The summed E-state index contributed by atoms with van der Waals surface area (Å²) in [7, 11) is 1.58. The number of oxazole rings is 1. The highest BCUT2D eigenvalue weighted by molar-refractivity contribution is 5.79. The van der Waals surface area contributed by atoms with E-state index >= 15 is 0 Å². The summed E-state index contributed by atoms with van der Waals surface area (Å²) in [6, 6.07) is 5.47. The largest absolute Gasteiger partial charge is 0.494 e. The van der Waals surface area contributed by atoms with E-state index in [1.54, 1.807) is 7.11 Å². The molecule has 1 aromatic heterocycles. The zero-order chi connectivity index (χ0) is 14.0. The molecule has 5 heteroatoms. The number of hydrogen-bond acceptors (Lipinski definition) is 4. The van der Waals surface area contributed by atoms with Crippen LogP contribution in [0.2, 0.25) is 0 Å². The second-order valence-electron chi connectivity index (χ2n) is 5.33. The van der Waals surface area contributed by atoms with E-state index in [-0.39, 0.29) is 6.42 Å². The Balaban J connectivity index is 2.29. The summed E-state index contributed by atoms with van der Waals surface area (Å²) in [4.78, 5) is 15.2. The molecule has 1 aromatic carbocycles. The lowest BCUT2D eigenvalue weighted by atomic mass is 9.86. The molecule has 0 unspecified atom stereocenters. The third-order valence-corrected chi connectivity index (χ3v) is 2.91. The van der Waals surface area contributed by atoms with Crippen molar-refractivity contribution in [1.82, 2.24) is 4.98 Å². The highest BCUT2D eigenvalue weighted by Gasteiger charge is 2.25. The van der Waals surface area contributed by atoms with Gasteiger partial charge >= 0.3 is 5.97 Å². The average Bonchev–Trinajstić information content (AvgIpc) is 2.67. The van der Waals surface area contributed by atoms with Crippen LogP contribution < -0.4 is 4.74 Å². The van der Waals surface area contributed by atoms with Crippen LogP contribution in [0.25, 0.3) is 11.1 Å². The Bertz CT molecular complexity index is 601. The van der Waals surface area contributed by atoms with Gasteiger partial charge in [-0.15, -0.1) is 0 Å². The zero-order valence-corrected chi connectivity index (χ0v) is 11.3. The van der Waals surface area contributed by atoms with Gasteiger partial charge in [-0.2, -0.15) is 0 Å². The second-order valence-corrected chi connectivity index (χ2v) is 5.33. The number of aromatic nitrogens is 1. The molecule has 102 valence electrons. The van der Waals surface area contributed by atoms with Crippen LogP contribution >= 0.6 is 0 Å². The molecule has 0 aliphatic rings. The van der Waals surface area contributed by atoms with E-state index in [1.807, 2.05) is 32.0 Å². The van der Waals surface area contributed by atoms with Crippen molar-refractivity contribution in [3.63, 3.8) is 0 Å². The Morgan fingerprint density at radius 1 is 1.47 bits per heavy atom. The van der Waals surface area contributed by atoms with Crippen molar-refractivity contribution in [1.29, 1.82) is 0 Å². The molecule has 0 saturated carbocycles. The number of nitrogens with zero attached hydrogens (tertiary/aromatic N) is 1. The van der Waals surface area contributed by atoms with Gasteiger partial charge in [0.25, 0.3) is 0 Å². The molecule has 0 aliphatic carbocycles. The maximum Gasteiger partial charge on any atom is 0.303 e. The fourth-order valence-corrected chi connectivity index (χ4v) is 2.09. The van der Waals surface area contributed by atoms with E-state index in [1.165, 1.54) is 0 Å². The fourth-order valence-electron chi connectivity index (χ4n) is 2.09. The number of carboxylic acid groups (broad SMARTS) is 1. The van der Waals surface area contributed by atoms with E-state index in [4.69, 9.17) is 14.3 Å². The lowest BCUT2D eigenvalue weighted by Crippen LogP contribution is -2.19. The second kappa shape index (κ2) is 4.91. The Hall–Kier alpha value is -2.04. The summed E-state index contributed by atoms with van der Waals surface area (Å²) < 4.78 is 10.9. The first kappa shape index (κ1) is 13.4. The Labute approximate surface area is 111 Å². The molecule has 0 atom stereocenters. The minimum Gasteiger partial charge on any atom is -0.494 e. The van der Waals surface area contributed by atoms with Crippen LogP contribution in [0, 0.1) is 5.41 Å². The van der Waals surface area contributed by atoms with Crippen molar-refractivity contribution in [2.75, 3.05) is 7.11 Å². The van der Waals surface area contributed by atoms with Gasteiger partial charge < -0.3 is 14.3 Å². The molecule has 0 spiro atoms. The zero-order valence-electron chi connectivity index (χ0n) is 11.3. The van der Waals surface area contributed by atoms with Crippen LogP contribution in [0.3, 0.4) is 0 Å². The van der Waals surface area contributed by atoms with Crippen LogP contribution in [0.5, 0.6) is 5.75 Å². The van der Waals surface area contributed by atoms with Crippen LogP contribution in [0.4, 0.5) is 0 Å². The number of carbonyl (C=O) groups is 1. The summed E-state index contributed by atoms with van der Waals surface area (Å²) in [6.45, 7) is 3.76. The molecule has 19 heavy (non-hydrogen) atoms. The van der Waals surface area contributed by atoms with Crippen LogP contribution in [0.1, 0.15) is 26.2 Å². The average molecular weight is 263 g/mol. The molecule has 1 N–H and O–H groups in total. The highest BCUT2D eigenvalue weighted by atomic mass is 16.5. The molecular weight excluding hydrogens is 246 g/mol. The van der Waals surface area contributed by atoms with E-state index in [9.17, 15) is 4.79 Å². The molecule has 0 radical (unpaired) electrons. The number of benzene rings is 1. The van der Waals surface area contributed by atoms with Gasteiger partial charge in [0.2, 0.25) is 0 Å². The van der Waals surface area contributed by atoms with Crippen molar-refractivity contribution < 1.29 is 19.1 Å². The standard InChI is InChI=1S/C14H17NO4/c1-14(2,8-12(16)17)7-11-15-13-9(18-3)5-4-6-10(13)19-11/h4-6H,7-8H2,1-3H3,(H,16,17). The van der Waals surface area contributed by atoms with E-state index < -0.39 is 11.4 Å². The third-order valence-electron chi connectivity index (χ3n) is 2.91. The number of para-hydroxylation sites is 1. The Kier molecular flexibility index (Phi) is 3.46. The van der Waals surface area contributed by atoms with Crippen molar-refractivity contribution in [3.8, 4) is 5.75 Å². The van der Waals surface area contributed by atoms with Gasteiger partial charge in [0, 0.05) is 6.42 Å². The number of methoxy groups -OCH3 is 1. The van der Waals surface area contributed by atoms with Crippen molar-refractivity contribution in [3.05, 3.63) is 24.1 Å². The van der Waals surface area contributed by atoms with E-state index in [0.29, 0.717) is 29.2 Å². The normalized spacial score (nSPS) is 11.7. The number of carboxylic acids is 1. The summed E-state index contributed by atoms with van der Waals surface area (Å²) in [6.07, 6.45) is 0.542. The molecule has 0 saturated heterocycles. The summed E-state index contributed by atoms with van der Waals surface area (Å²) in [5, 5.41) is 8.88. The van der Waals surface area contributed by atoms with E-state index in [0.717, 1.165) is 0 Å². The smallest absolute Gasteiger partial charge is 0.303 e. The molecule has 2 aromatic rings. The van der Waals surface area contributed by atoms with Crippen molar-refractivity contribution in [2.45, 2.75) is 26.7 Å². The first-order valence-electron chi connectivity index (χ1n) is 6.05. The van der Waals surface area contributed by atoms with Crippen molar-refractivity contribution >= 4 is 17.1 Å². The predicted octanol–water partition coefficient (Wildman–Crippen LogP) is 2.88. The fraction of sp³-hybridized carbons (Fsp3) is 0.429. The topological polar surface area (TPSA) is 72.6 Å². The summed E-state index contributed by atoms with van der Waals surface area (Å²) >= 11 is 0. The van der Waals surface area contributed by atoms with Crippen LogP contribution in [0.15, 0.2) is 22.6 Å². The maximum absolute atomic E-state index is 10.8. The number of hydrogen-bond donors (Lipinski definition) is 1.